The SMILES string of the molecule is CCOC[C@@]1(CCc2cccs2)CCN(Cc2ccc(=O)[nH]c2)C1. The molecule has 5 heteroatoms. The van der Waals surface area contributed by atoms with Gasteiger partial charge >= 0.3 is 0 Å². The van der Waals surface area contributed by atoms with Gasteiger partial charge in [0.25, 0.3) is 0 Å². The van der Waals surface area contributed by atoms with Crippen molar-refractivity contribution in [1.29, 1.82) is 0 Å². The lowest BCUT2D eigenvalue weighted by molar-refractivity contribution is 0.0490. The molecule has 2 aromatic heterocycles. The fraction of sp³-hybridized carbons (Fsp3) is 0.526. The van der Waals surface area contributed by atoms with Crippen LogP contribution < -0.4 is 5.56 Å². The molecule has 0 radical (unpaired) electrons. The molecule has 0 spiro atoms. The normalized spacial score (nSPS) is 21.4. The first kappa shape index (κ1) is 17.4. The summed E-state index contributed by atoms with van der Waals surface area (Å²) in [6.07, 6.45) is 5.32. The highest BCUT2D eigenvalue weighted by molar-refractivity contribution is 7.09. The van der Waals surface area contributed by atoms with Crippen molar-refractivity contribution in [3.8, 4) is 0 Å². The van der Waals surface area contributed by atoms with E-state index < -0.39 is 0 Å². The fourth-order valence-electron chi connectivity index (χ4n) is 3.52. The van der Waals surface area contributed by atoms with Crippen molar-refractivity contribution in [2.45, 2.75) is 32.7 Å². The summed E-state index contributed by atoms with van der Waals surface area (Å²) in [6, 6.07) is 7.89. The topological polar surface area (TPSA) is 45.3 Å². The van der Waals surface area contributed by atoms with Crippen molar-refractivity contribution in [2.24, 2.45) is 5.41 Å². The van der Waals surface area contributed by atoms with E-state index in [0.29, 0.717) is 0 Å². The number of hydrogen-bond donors (Lipinski definition) is 1. The van der Waals surface area contributed by atoms with Crippen LogP contribution in [0.4, 0.5) is 0 Å². The molecule has 1 N–H and O–H groups in total. The standard InChI is InChI=1S/C19H26N2O2S/c1-2-23-15-19(8-7-17-4-3-11-24-17)9-10-21(14-19)13-16-5-6-18(22)20-12-16/h3-6,11-12H,2,7-10,13-15H2,1H3,(H,20,22)/t19-/m0/s1. The Kier molecular flexibility index (Phi) is 5.87. The van der Waals surface area contributed by atoms with Crippen molar-refractivity contribution in [1.82, 2.24) is 9.88 Å². The van der Waals surface area contributed by atoms with E-state index in [9.17, 15) is 4.79 Å². The van der Waals surface area contributed by atoms with Crippen molar-refractivity contribution in [3.63, 3.8) is 0 Å². The van der Waals surface area contributed by atoms with Gasteiger partial charge in [-0.05, 0) is 49.7 Å². The molecule has 0 aromatic carbocycles. The van der Waals surface area contributed by atoms with Crippen LogP contribution in [0.15, 0.2) is 40.6 Å². The Morgan fingerprint density at radius 1 is 1.38 bits per heavy atom. The zero-order valence-electron chi connectivity index (χ0n) is 14.3. The Balaban J connectivity index is 1.61. The summed E-state index contributed by atoms with van der Waals surface area (Å²) < 4.78 is 5.83. The number of pyridine rings is 1. The second-order valence-electron chi connectivity index (χ2n) is 6.74. The van der Waals surface area contributed by atoms with E-state index in [-0.39, 0.29) is 11.0 Å². The van der Waals surface area contributed by atoms with Gasteiger partial charge in [0.1, 0.15) is 0 Å². The average molecular weight is 346 g/mol. The van der Waals surface area contributed by atoms with Crippen LogP contribution >= 0.6 is 11.3 Å². The molecule has 130 valence electrons. The highest BCUT2D eigenvalue weighted by atomic mass is 32.1. The number of thiophene rings is 1. The van der Waals surface area contributed by atoms with Crippen LogP contribution in [0, 0.1) is 5.41 Å². The maximum absolute atomic E-state index is 11.2. The van der Waals surface area contributed by atoms with Crippen LogP contribution in [0.2, 0.25) is 0 Å². The van der Waals surface area contributed by atoms with Crippen LogP contribution in [0.3, 0.4) is 0 Å². The van der Waals surface area contributed by atoms with Gasteiger partial charge in [0.15, 0.2) is 0 Å². The van der Waals surface area contributed by atoms with Gasteiger partial charge in [-0.15, -0.1) is 11.3 Å². The van der Waals surface area contributed by atoms with E-state index in [4.69, 9.17) is 4.74 Å². The minimum absolute atomic E-state index is 0.0400. The van der Waals surface area contributed by atoms with Crippen LogP contribution in [0.25, 0.3) is 0 Å². The number of aryl methyl sites for hydroxylation is 1. The van der Waals surface area contributed by atoms with E-state index >= 15 is 0 Å². The Morgan fingerprint density at radius 3 is 3.00 bits per heavy atom. The number of hydrogen-bond acceptors (Lipinski definition) is 4. The minimum Gasteiger partial charge on any atom is -0.381 e. The molecule has 3 heterocycles. The number of aromatic amines is 1. The molecule has 1 fully saturated rings. The number of aromatic nitrogens is 1. The third kappa shape index (κ3) is 4.56. The third-order valence-electron chi connectivity index (χ3n) is 4.87. The number of rotatable bonds is 8. The first-order valence-electron chi connectivity index (χ1n) is 8.69. The van der Waals surface area contributed by atoms with Gasteiger partial charge in [-0.3, -0.25) is 9.69 Å². The van der Waals surface area contributed by atoms with Gasteiger partial charge in [0, 0.05) is 42.3 Å². The smallest absolute Gasteiger partial charge is 0.247 e. The summed E-state index contributed by atoms with van der Waals surface area (Å²) in [4.78, 5) is 17.9. The van der Waals surface area contributed by atoms with E-state index in [0.717, 1.165) is 39.3 Å². The van der Waals surface area contributed by atoms with Gasteiger partial charge in [0.2, 0.25) is 5.56 Å². The summed E-state index contributed by atoms with van der Waals surface area (Å²) in [5.41, 5.74) is 1.38. The average Bonchev–Trinajstić information content (AvgIpc) is 3.24. The van der Waals surface area contributed by atoms with Crippen molar-refractivity contribution in [2.75, 3.05) is 26.3 Å². The maximum Gasteiger partial charge on any atom is 0.247 e. The molecule has 0 unspecified atom stereocenters. The predicted octanol–water partition coefficient (Wildman–Crippen LogP) is 3.30. The number of nitrogens with zero attached hydrogens (tertiary/aromatic N) is 1. The van der Waals surface area contributed by atoms with Crippen LogP contribution in [0.1, 0.15) is 30.2 Å². The summed E-state index contributed by atoms with van der Waals surface area (Å²) in [7, 11) is 0. The molecule has 0 saturated carbocycles. The molecule has 3 rings (SSSR count). The quantitative estimate of drug-likeness (QED) is 0.798. The molecule has 1 atom stereocenters. The molecule has 0 bridgehead atoms. The van der Waals surface area contributed by atoms with Gasteiger partial charge in [-0.2, -0.15) is 0 Å². The molecule has 0 aliphatic carbocycles. The number of likely N-dealkylation sites (tertiary alicyclic amines) is 1. The molecule has 1 aliphatic rings. The minimum atomic E-state index is -0.0400. The monoisotopic (exact) mass is 346 g/mol. The third-order valence-corrected chi connectivity index (χ3v) is 5.80. The summed E-state index contributed by atoms with van der Waals surface area (Å²) in [5.74, 6) is 0. The van der Waals surface area contributed by atoms with Crippen LogP contribution in [0.5, 0.6) is 0 Å². The zero-order valence-corrected chi connectivity index (χ0v) is 15.1. The molecular formula is C19H26N2O2S. The van der Waals surface area contributed by atoms with Crippen molar-refractivity contribution >= 4 is 11.3 Å². The lowest BCUT2D eigenvalue weighted by Gasteiger charge is -2.29. The Labute approximate surface area is 147 Å². The number of H-pyrrole nitrogens is 1. The summed E-state index contributed by atoms with van der Waals surface area (Å²) >= 11 is 1.85. The molecular weight excluding hydrogens is 320 g/mol. The Bertz CT molecular complexity index is 662. The first-order chi connectivity index (χ1) is 11.7. The second kappa shape index (κ2) is 8.10. The highest BCUT2D eigenvalue weighted by Crippen LogP contribution is 2.36. The number of ether oxygens (including phenoxy) is 1. The largest absolute Gasteiger partial charge is 0.381 e. The zero-order chi connectivity index (χ0) is 16.8. The van der Waals surface area contributed by atoms with Crippen LogP contribution in [-0.2, 0) is 17.7 Å². The summed E-state index contributed by atoms with van der Waals surface area (Å²) in [6.45, 7) is 6.75. The fourth-order valence-corrected chi connectivity index (χ4v) is 4.23. The Morgan fingerprint density at radius 2 is 2.29 bits per heavy atom. The van der Waals surface area contributed by atoms with E-state index in [1.54, 1.807) is 6.07 Å². The Hall–Kier alpha value is -1.43. The molecule has 24 heavy (non-hydrogen) atoms. The maximum atomic E-state index is 11.2. The van der Waals surface area contributed by atoms with E-state index in [1.807, 2.05) is 23.6 Å². The van der Waals surface area contributed by atoms with Gasteiger partial charge in [-0.1, -0.05) is 12.1 Å². The van der Waals surface area contributed by atoms with Gasteiger partial charge < -0.3 is 9.72 Å². The van der Waals surface area contributed by atoms with Crippen molar-refractivity contribution < 1.29 is 4.74 Å². The highest BCUT2D eigenvalue weighted by Gasteiger charge is 2.37. The molecule has 1 aliphatic heterocycles. The molecule has 1 saturated heterocycles. The molecule has 2 aromatic rings. The first-order valence-corrected chi connectivity index (χ1v) is 9.57. The lowest BCUT2D eigenvalue weighted by atomic mass is 9.83. The molecule has 0 amide bonds. The molecule has 4 nitrogen and oxygen atoms in total. The van der Waals surface area contributed by atoms with Gasteiger partial charge in [0.05, 0.1) is 6.61 Å². The lowest BCUT2D eigenvalue weighted by Crippen LogP contribution is -2.32. The summed E-state index contributed by atoms with van der Waals surface area (Å²) in [5, 5.41) is 2.15. The van der Waals surface area contributed by atoms with Crippen molar-refractivity contribution in [3.05, 3.63) is 56.6 Å². The van der Waals surface area contributed by atoms with E-state index in [2.05, 4.69) is 34.3 Å². The second-order valence-corrected chi connectivity index (χ2v) is 7.77. The number of nitrogens with one attached hydrogen (secondary N) is 1. The predicted molar refractivity (Wildman–Crippen MR) is 98.5 cm³/mol. The van der Waals surface area contributed by atoms with Crippen LogP contribution in [-0.4, -0.2) is 36.2 Å². The van der Waals surface area contributed by atoms with E-state index in [1.165, 1.54) is 23.3 Å². The van der Waals surface area contributed by atoms with Gasteiger partial charge in [-0.25, -0.2) is 0 Å².